The number of amides is 2. The molecule has 0 spiro atoms. The monoisotopic (exact) mass is 281 g/mol. The Bertz CT molecular complexity index is 338. The van der Waals surface area contributed by atoms with Crippen LogP contribution < -0.4 is 10.6 Å². The lowest BCUT2D eigenvalue weighted by molar-refractivity contribution is -0.142. The Balaban J connectivity index is 1.92. The summed E-state index contributed by atoms with van der Waals surface area (Å²) >= 11 is 0. The molecule has 0 aromatic heterocycles. The van der Waals surface area contributed by atoms with Gasteiger partial charge < -0.3 is 15.5 Å². The predicted octanol–water partition coefficient (Wildman–Crippen LogP) is 0.893. The lowest BCUT2D eigenvalue weighted by Crippen LogP contribution is -2.59. The normalized spacial score (nSPS) is 25.1. The Morgan fingerprint density at radius 2 is 1.90 bits per heavy atom. The molecular formula is C15H27N3O2. The highest BCUT2D eigenvalue weighted by atomic mass is 16.2. The van der Waals surface area contributed by atoms with Crippen LogP contribution in [-0.4, -0.2) is 49.4 Å². The molecule has 0 aromatic rings. The zero-order chi connectivity index (χ0) is 14.4. The van der Waals surface area contributed by atoms with E-state index in [0.29, 0.717) is 25.4 Å². The van der Waals surface area contributed by atoms with Gasteiger partial charge in [-0.15, -0.1) is 0 Å². The molecule has 20 heavy (non-hydrogen) atoms. The Morgan fingerprint density at radius 1 is 1.20 bits per heavy atom. The van der Waals surface area contributed by atoms with Crippen molar-refractivity contribution in [1.82, 2.24) is 15.5 Å². The van der Waals surface area contributed by atoms with E-state index in [1.54, 1.807) is 11.9 Å². The fourth-order valence-electron chi connectivity index (χ4n) is 3.34. The highest BCUT2D eigenvalue weighted by Crippen LogP contribution is 2.26. The van der Waals surface area contributed by atoms with E-state index in [1.165, 1.54) is 38.5 Å². The molecule has 5 heteroatoms. The van der Waals surface area contributed by atoms with E-state index in [9.17, 15) is 9.59 Å². The first-order valence-electron chi connectivity index (χ1n) is 7.94. The zero-order valence-corrected chi connectivity index (χ0v) is 12.5. The number of hydrogen-bond donors (Lipinski definition) is 2. The third-order valence-electron chi connectivity index (χ3n) is 4.55. The number of likely N-dealkylation sites (N-methyl/N-ethyl adjacent to an activating group) is 1. The Morgan fingerprint density at radius 3 is 2.55 bits per heavy atom. The molecule has 2 rings (SSSR count). The molecule has 1 atom stereocenters. The summed E-state index contributed by atoms with van der Waals surface area (Å²) in [5, 5.41) is 5.85. The van der Waals surface area contributed by atoms with Crippen LogP contribution in [-0.2, 0) is 9.59 Å². The molecule has 1 saturated carbocycles. The van der Waals surface area contributed by atoms with E-state index >= 15 is 0 Å². The molecule has 0 bridgehead atoms. The molecule has 1 aliphatic carbocycles. The number of rotatable bonds is 3. The van der Waals surface area contributed by atoms with E-state index in [1.807, 2.05) is 0 Å². The molecule has 1 aliphatic heterocycles. The van der Waals surface area contributed by atoms with E-state index in [2.05, 4.69) is 10.6 Å². The van der Waals surface area contributed by atoms with E-state index in [-0.39, 0.29) is 17.9 Å². The summed E-state index contributed by atoms with van der Waals surface area (Å²) < 4.78 is 0. The molecule has 2 amide bonds. The minimum atomic E-state index is -0.341. The molecule has 2 N–H and O–H groups in total. The molecule has 1 heterocycles. The van der Waals surface area contributed by atoms with E-state index in [4.69, 9.17) is 0 Å². The van der Waals surface area contributed by atoms with Crippen molar-refractivity contribution in [2.75, 3.05) is 26.7 Å². The smallest absolute Gasteiger partial charge is 0.243 e. The fourth-order valence-corrected chi connectivity index (χ4v) is 3.34. The highest BCUT2D eigenvalue weighted by molar-refractivity contribution is 5.88. The van der Waals surface area contributed by atoms with Crippen molar-refractivity contribution in [3.8, 4) is 0 Å². The number of nitrogens with one attached hydrogen (secondary N) is 2. The SMILES string of the molecule is CNC(=O)C1CNCCN1C(=O)CC1CCCCCC1. The van der Waals surface area contributed by atoms with Crippen molar-refractivity contribution in [2.45, 2.75) is 51.0 Å². The second-order valence-electron chi connectivity index (χ2n) is 5.98. The van der Waals surface area contributed by atoms with Crippen LogP contribution in [0.15, 0.2) is 0 Å². The number of piperazine rings is 1. The maximum atomic E-state index is 12.5. The van der Waals surface area contributed by atoms with E-state index < -0.39 is 0 Å². The van der Waals surface area contributed by atoms with Crippen LogP contribution in [0.2, 0.25) is 0 Å². The molecule has 2 fully saturated rings. The predicted molar refractivity (Wildman–Crippen MR) is 78.2 cm³/mol. The van der Waals surface area contributed by atoms with Gasteiger partial charge in [0.1, 0.15) is 6.04 Å². The molecule has 0 aromatic carbocycles. The van der Waals surface area contributed by atoms with Gasteiger partial charge in [-0.05, 0) is 18.8 Å². The van der Waals surface area contributed by atoms with Gasteiger partial charge in [0.25, 0.3) is 0 Å². The number of carbonyl (C=O) groups is 2. The fraction of sp³-hybridized carbons (Fsp3) is 0.867. The quantitative estimate of drug-likeness (QED) is 0.755. The summed E-state index contributed by atoms with van der Waals surface area (Å²) in [6.45, 7) is 1.99. The standard InChI is InChI=1S/C15H27N3O2/c1-16-15(20)13-11-17-8-9-18(13)14(19)10-12-6-4-2-3-5-7-12/h12-13,17H,2-11H2,1H3,(H,16,20). The molecular weight excluding hydrogens is 254 g/mol. The maximum absolute atomic E-state index is 12.5. The number of hydrogen-bond acceptors (Lipinski definition) is 3. The lowest BCUT2D eigenvalue weighted by Gasteiger charge is -2.35. The average Bonchev–Trinajstić information content (AvgIpc) is 2.75. The number of nitrogens with zero attached hydrogens (tertiary/aromatic N) is 1. The summed E-state index contributed by atoms with van der Waals surface area (Å²) in [4.78, 5) is 26.2. The van der Waals surface area contributed by atoms with Crippen LogP contribution in [0.1, 0.15) is 44.9 Å². The van der Waals surface area contributed by atoms with Gasteiger partial charge in [0.05, 0.1) is 0 Å². The molecule has 5 nitrogen and oxygen atoms in total. The van der Waals surface area contributed by atoms with Crippen molar-refractivity contribution in [2.24, 2.45) is 5.92 Å². The third-order valence-corrected chi connectivity index (χ3v) is 4.55. The van der Waals surface area contributed by atoms with Crippen LogP contribution in [0, 0.1) is 5.92 Å². The van der Waals surface area contributed by atoms with E-state index in [0.717, 1.165) is 6.54 Å². The van der Waals surface area contributed by atoms with Crippen molar-refractivity contribution in [3.05, 3.63) is 0 Å². The van der Waals surface area contributed by atoms with Crippen LogP contribution in [0.3, 0.4) is 0 Å². The summed E-state index contributed by atoms with van der Waals surface area (Å²) in [7, 11) is 1.63. The van der Waals surface area contributed by atoms with Crippen LogP contribution >= 0.6 is 0 Å². The van der Waals surface area contributed by atoms with Gasteiger partial charge in [0, 0.05) is 33.1 Å². The summed E-state index contributed by atoms with van der Waals surface area (Å²) in [6.07, 6.45) is 8.06. The van der Waals surface area contributed by atoms with Crippen LogP contribution in [0.25, 0.3) is 0 Å². The van der Waals surface area contributed by atoms with Crippen molar-refractivity contribution >= 4 is 11.8 Å². The first-order chi connectivity index (χ1) is 9.72. The van der Waals surface area contributed by atoms with Crippen LogP contribution in [0.5, 0.6) is 0 Å². The summed E-state index contributed by atoms with van der Waals surface area (Å²) in [5.74, 6) is 0.614. The topological polar surface area (TPSA) is 61.4 Å². The maximum Gasteiger partial charge on any atom is 0.243 e. The van der Waals surface area contributed by atoms with Gasteiger partial charge in [-0.2, -0.15) is 0 Å². The Kier molecular flexibility index (Phi) is 5.83. The molecule has 0 radical (unpaired) electrons. The van der Waals surface area contributed by atoms with Crippen molar-refractivity contribution in [1.29, 1.82) is 0 Å². The first kappa shape index (κ1) is 15.3. The van der Waals surface area contributed by atoms with Crippen molar-refractivity contribution < 1.29 is 9.59 Å². The lowest BCUT2D eigenvalue weighted by atomic mass is 9.95. The third kappa shape index (κ3) is 3.95. The Hall–Kier alpha value is -1.10. The van der Waals surface area contributed by atoms with Crippen LogP contribution in [0.4, 0.5) is 0 Å². The zero-order valence-electron chi connectivity index (χ0n) is 12.5. The molecule has 114 valence electrons. The van der Waals surface area contributed by atoms with Gasteiger partial charge >= 0.3 is 0 Å². The average molecular weight is 281 g/mol. The number of carbonyl (C=O) groups excluding carboxylic acids is 2. The van der Waals surface area contributed by atoms with Gasteiger partial charge in [-0.25, -0.2) is 0 Å². The first-order valence-corrected chi connectivity index (χ1v) is 7.94. The minimum Gasteiger partial charge on any atom is -0.357 e. The Labute approximate surface area is 121 Å². The van der Waals surface area contributed by atoms with Gasteiger partial charge in [0.2, 0.25) is 11.8 Å². The second kappa shape index (κ2) is 7.62. The molecule has 1 saturated heterocycles. The van der Waals surface area contributed by atoms with Gasteiger partial charge in [-0.1, -0.05) is 25.7 Å². The summed E-state index contributed by atoms with van der Waals surface area (Å²) in [5.41, 5.74) is 0. The van der Waals surface area contributed by atoms with Gasteiger partial charge in [0.15, 0.2) is 0 Å². The molecule has 2 aliphatic rings. The second-order valence-corrected chi connectivity index (χ2v) is 5.98. The largest absolute Gasteiger partial charge is 0.357 e. The highest BCUT2D eigenvalue weighted by Gasteiger charge is 2.32. The van der Waals surface area contributed by atoms with Gasteiger partial charge in [-0.3, -0.25) is 9.59 Å². The molecule has 1 unspecified atom stereocenters. The minimum absolute atomic E-state index is 0.0635. The van der Waals surface area contributed by atoms with Crippen molar-refractivity contribution in [3.63, 3.8) is 0 Å². The summed E-state index contributed by atoms with van der Waals surface area (Å²) in [6, 6.07) is -0.341.